The van der Waals surface area contributed by atoms with E-state index in [0.29, 0.717) is 6.42 Å². The molecular formula is C17H20O2Si. The molecule has 0 aliphatic heterocycles. The van der Waals surface area contributed by atoms with Gasteiger partial charge in [-0.1, -0.05) is 49.4 Å². The number of ketones is 1. The van der Waals surface area contributed by atoms with E-state index >= 15 is 0 Å². The van der Waals surface area contributed by atoms with Gasteiger partial charge in [-0.25, -0.2) is 0 Å². The van der Waals surface area contributed by atoms with Crippen molar-refractivity contribution in [2.45, 2.75) is 26.4 Å². The molecule has 0 fully saturated rings. The number of Topliss-reactive ketones (excluding diaryl/α,β-unsaturated/α-hetero) is 1. The zero-order valence-corrected chi connectivity index (χ0v) is 13.2. The van der Waals surface area contributed by atoms with Gasteiger partial charge in [-0.15, -0.1) is 0 Å². The van der Waals surface area contributed by atoms with Gasteiger partial charge in [0.2, 0.25) is 8.32 Å². The third-order valence-electron chi connectivity index (χ3n) is 3.41. The molecule has 3 heteroatoms. The van der Waals surface area contributed by atoms with Crippen LogP contribution in [0.5, 0.6) is 0 Å². The number of carbonyl (C=O) groups excluding carboxylic acids is 1. The number of carbonyl (C=O) groups is 1. The van der Waals surface area contributed by atoms with Crippen LogP contribution in [0.4, 0.5) is 0 Å². The highest BCUT2D eigenvalue weighted by Crippen LogP contribution is 2.21. The van der Waals surface area contributed by atoms with Crippen molar-refractivity contribution in [2.75, 3.05) is 0 Å². The summed E-state index contributed by atoms with van der Waals surface area (Å²) in [5.41, 5.74) is 2.81. The fourth-order valence-electron chi connectivity index (χ4n) is 2.16. The lowest BCUT2D eigenvalue weighted by atomic mass is 10.0. The summed E-state index contributed by atoms with van der Waals surface area (Å²) in [7, 11) is -2.31. The van der Waals surface area contributed by atoms with Crippen LogP contribution in [0.1, 0.15) is 23.7 Å². The van der Waals surface area contributed by atoms with Gasteiger partial charge in [0, 0.05) is 12.0 Å². The molecule has 104 valence electrons. The van der Waals surface area contributed by atoms with Crippen LogP contribution in [-0.2, 0) is 0 Å². The Balaban J connectivity index is 2.44. The summed E-state index contributed by atoms with van der Waals surface area (Å²) < 4.78 is 0. The van der Waals surface area contributed by atoms with Crippen molar-refractivity contribution < 1.29 is 9.59 Å². The number of hydrogen-bond donors (Lipinski definition) is 1. The zero-order chi connectivity index (χ0) is 14.8. The lowest BCUT2D eigenvalue weighted by Crippen LogP contribution is -2.41. The fourth-order valence-corrected chi connectivity index (χ4v) is 3.17. The van der Waals surface area contributed by atoms with E-state index < -0.39 is 8.32 Å². The first-order chi connectivity index (χ1) is 9.41. The summed E-state index contributed by atoms with van der Waals surface area (Å²) in [6.45, 7) is 5.68. The van der Waals surface area contributed by atoms with Crippen molar-refractivity contribution in [2.24, 2.45) is 0 Å². The van der Waals surface area contributed by atoms with Gasteiger partial charge in [0.05, 0.1) is 0 Å². The van der Waals surface area contributed by atoms with E-state index in [2.05, 4.69) is 0 Å². The Morgan fingerprint density at radius 1 is 1.05 bits per heavy atom. The molecule has 0 aliphatic rings. The molecule has 0 spiro atoms. The maximum Gasteiger partial charge on any atom is 0.213 e. The molecule has 2 nitrogen and oxygen atoms in total. The van der Waals surface area contributed by atoms with Crippen LogP contribution in [0.3, 0.4) is 0 Å². The lowest BCUT2D eigenvalue weighted by molar-refractivity contribution is 0.0988. The summed E-state index contributed by atoms with van der Waals surface area (Å²) in [4.78, 5) is 22.0. The van der Waals surface area contributed by atoms with Crippen molar-refractivity contribution >= 4 is 19.3 Å². The summed E-state index contributed by atoms with van der Waals surface area (Å²) in [6.07, 6.45) is 0.514. The summed E-state index contributed by atoms with van der Waals surface area (Å²) >= 11 is 0. The molecule has 0 radical (unpaired) electrons. The first-order valence-corrected chi connectivity index (χ1v) is 9.83. The highest BCUT2D eigenvalue weighted by atomic mass is 28.4. The molecule has 20 heavy (non-hydrogen) atoms. The van der Waals surface area contributed by atoms with Gasteiger partial charge in [0.15, 0.2) is 5.78 Å². The molecule has 2 aromatic carbocycles. The number of benzene rings is 2. The first-order valence-electron chi connectivity index (χ1n) is 6.88. The van der Waals surface area contributed by atoms with E-state index in [0.717, 1.165) is 21.9 Å². The molecule has 0 amide bonds. The summed E-state index contributed by atoms with van der Waals surface area (Å²) in [5.74, 6) is 0.153. The van der Waals surface area contributed by atoms with Crippen LogP contribution in [0.2, 0.25) is 13.1 Å². The Morgan fingerprint density at radius 3 is 2.25 bits per heavy atom. The second-order valence-electron chi connectivity index (χ2n) is 5.50. The molecule has 0 unspecified atom stereocenters. The summed E-state index contributed by atoms with van der Waals surface area (Å²) in [5, 5.41) is 1.00. The normalized spacial score (nSPS) is 11.4. The molecule has 1 N–H and O–H groups in total. The van der Waals surface area contributed by atoms with Crippen molar-refractivity contribution in [1.29, 1.82) is 0 Å². The Hall–Kier alpha value is -1.71. The van der Waals surface area contributed by atoms with Gasteiger partial charge < -0.3 is 4.80 Å². The van der Waals surface area contributed by atoms with Crippen LogP contribution in [-0.4, -0.2) is 18.9 Å². The van der Waals surface area contributed by atoms with E-state index in [1.165, 1.54) is 0 Å². The second-order valence-corrected chi connectivity index (χ2v) is 9.19. The quantitative estimate of drug-likeness (QED) is 0.690. The van der Waals surface area contributed by atoms with Gasteiger partial charge in [-0.05, 0) is 35.5 Å². The number of hydrogen-bond acceptors (Lipinski definition) is 2. The number of rotatable bonds is 4. The second kappa shape index (κ2) is 5.73. The van der Waals surface area contributed by atoms with E-state index in [4.69, 9.17) is 0 Å². The minimum atomic E-state index is -2.31. The molecule has 0 bridgehead atoms. The van der Waals surface area contributed by atoms with Crippen molar-refractivity contribution in [3.05, 3.63) is 54.1 Å². The van der Waals surface area contributed by atoms with E-state index in [-0.39, 0.29) is 5.78 Å². The van der Waals surface area contributed by atoms with Crippen molar-refractivity contribution in [1.82, 2.24) is 0 Å². The van der Waals surface area contributed by atoms with Crippen LogP contribution < -0.4 is 5.19 Å². The molecular weight excluding hydrogens is 264 g/mol. The maximum atomic E-state index is 11.8. The molecule has 0 saturated heterocycles. The first kappa shape index (κ1) is 14.7. The maximum absolute atomic E-state index is 11.8. The molecule has 2 rings (SSSR count). The average molecular weight is 284 g/mol. The molecule has 0 heterocycles. The minimum absolute atomic E-state index is 0.153. The molecule has 0 saturated carbocycles. The van der Waals surface area contributed by atoms with Crippen LogP contribution in [0, 0.1) is 0 Å². The van der Waals surface area contributed by atoms with E-state index in [1.807, 2.05) is 68.5 Å². The summed E-state index contributed by atoms with van der Waals surface area (Å²) in [6, 6.07) is 15.7. The van der Waals surface area contributed by atoms with Gasteiger partial charge in [0.25, 0.3) is 0 Å². The van der Waals surface area contributed by atoms with Crippen LogP contribution in [0.15, 0.2) is 48.5 Å². The fraction of sp³-hybridized carbons (Fsp3) is 0.235. The highest BCUT2D eigenvalue weighted by Gasteiger charge is 2.20. The Bertz CT molecular complexity index is 627. The Morgan fingerprint density at radius 2 is 1.65 bits per heavy atom. The topological polar surface area (TPSA) is 37.3 Å². The van der Waals surface area contributed by atoms with Crippen molar-refractivity contribution in [3.63, 3.8) is 0 Å². The van der Waals surface area contributed by atoms with Crippen LogP contribution >= 0.6 is 0 Å². The zero-order valence-electron chi connectivity index (χ0n) is 12.2. The molecule has 0 aromatic heterocycles. The van der Waals surface area contributed by atoms with Crippen molar-refractivity contribution in [3.8, 4) is 11.1 Å². The molecule has 2 aromatic rings. The predicted octanol–water partition coefficient (Wildman–Crippen LogP) is 3.35. The molecule has 0 aliphatic carbocycles. The lowest BCUT2D eigenvalue weighted by Gasteiger charge is -2.15. The van der Waals surface area contributed by atoms with E-state index in [9.17, 15) is 9.59 Å². The predicted molar refractivity (Wildman–Crippen MR) is 85.8 cm³/mol. The standard InChI is InChI=1S/C17H20O2Si/c1-4-17(18)15-9-5-7-13(11-15)14-8-6-10-16(12-14)20(2,3)19/h5-12,19H,4H2,1-3H3. The van der Waals surface area contributed by atoms with Gasteiger partial charge >= 0.3 is 0 Å². The average Bonchev–Trinajstić information content (AvgIpc) is 2.46. The third-order valence-corrected chi connectivity index (χ3v) is 5.13. The Labute approximate surface area is 121 Å². The van der Waals surface area contributed by atoms with Gasteiger partial charge in [-0.3, -0.25) is 4.79 Å². The van der Waals surface area contributed by atoms with Gasteiger partial charge in [0.1, 0.15) is 0 Å². The SMILES string of the molecule is CCC(=O)c1cccc(-c2cccc([Si](C)(C)O)c2)c1. The van der Waals surface area contributed by atoms with E-state index in [1.54, 1.807) is 0 Å². The third kappa shape index (κ3) is 3.24. The monoisotopic (exact) mass is 284 g/mol. The van der Waals surface area contributed by atoms with Gasteiger partial charge in [-0.2, -0.15) is 0 Å². The van der Waals surface area contributed by atoms with Crippen LogP contribution in [0.25, 0.3) is 11.1 Å². The molecule has 0 atom stereocenters. The Kier molecular flexibility index (Phi) is 4.21. The minimum Gasteiger partial charge on any atom is -0.428 e. The largest absolute Gasteiger partial charge is 0.428 e. The highest BCUT2D eigenvalue weighted by molar-refractivity contribution is 6.83. The smallest absolute Gasteiger partial charge is 0.213 e.